The van der Waals surface area contributed by atoms with Crippen LogP contribution in [0.3, 0.4) is 0 Å². The van der Waals surface area contributed by atoms with Crippen LogP contribution < -0.4 is 5.32 Å². The van der Waals surface area contributed by atoms with Crippen molar-refractivity contribution in [3.8, 4) is 0 Å². The molecule has 1 nitrogen and oxygen atoms in total. The van der Waals surface area contributed by atoms with E-state index in [1.165, 1.54) is 0 Å². The van der Waals surface area contributed by atoms with Crippen molar-refractivity contribution in [2.24, 2.45) is 0 Å². The van der Waals surface area contributed by atoms with E-state index in [-0.39, 0.29) is 12.4 Å². The quantitative estimate of drug-likeness (QED) is 0.575. The van der Waals surface area contributed by atoms with Crippen molar-refractivity contribution in [1.82, 2.24) is 5.32 Å². The first kappa shape index (κ1) is 10.5. The number of hydrogen-bond acceptors (Lipinski definition) is 1. The van der Waals surface area contributed by atoms with Gasteiger partial charge in [0.2, 0.25) is 0 Å². The molecule has 0 aliphatic rings. The summed E-state index contributed by atoms with van der Waals surface area (Å²) in [6, 6.07) is 0.451. The number of hydrogen-bond donors (Lipinski definition) is 1. The van der Waals surface area contributed by atoms with Crippen molar-refractivity contribution in [3.05, 3.63) is 0 Å². The van der Waals surface area contributed by atoms with E-state index >= 15 is 0 Å². The molecule has 1 unspecified atom stereocenters. The molecule has 0 aliphatic heterocycles. The van der Waals surface area contributed by atoms with Crippen LogP contribution in [0, 0.1) is 0 Å². The number of rotatable bonds is 2. The molecule has 3 heteroatoms. The third-order valence-corrected chi connectivity index (χ3v) is 1.19. The van der Waals surface area contributed by atoms with Gasteiger partial charge in [-0.2, -0.15) is 0 Å². The maximum absolute atomic E-state index is 5.39. The molecule has 0 saturated carbocycles. The molecule has 0 spiro atoms. The van der Waals surface area contributed by atoms with Crippen LogP contribution in [-0.2, 0) is 0 Å². The Morgan fingerprint density at radius 2 is 2.14 bits per heavy atom. The maximum atomic E-state index is 5.39. The predicted molar refractivity (Wildman–Crippen MR) is 36.5 cm³/mol. The molecular weight excluding hydrogens is 133 g/mol. The summed E-state index contributed by atoms with van der Waals surface area (Å²) in [5, 5.41) is 2.98. The van der Waals surface area contributed by atoms with Crippen molar-refractivity contribution in [1.29, 1.82) is 0 Å². The van der Waals surface area contributed by atoms with Crippen molar-refractivity contribution in [3.63, 3.8) is 0 Å². The van der Waals surface area contributed by atoms with Gasteiger partial charge < -0.3 is 5.32 Å². The lowest BCUT2D eigenvalue weighted by atomic mass is 10.4. The van der Waals surface area contributed by atoms with E-state index in [0.29, 0.717) is 11.9 Å². The summed E-state index contributed by atoms with van der Waals surface area (Å²) >= 11 is 5.39. The van der Waals surface area contributed by atoms with Crippen LogP contribution in [0.25, 0.3) is 0 Å². The Labute approximate surface area is 55.8 Å². The maximum Gasteiger partial charge on any atom is 0.0374 e. The molecule has 46 valence electrons. The molecule has 0 saturated heterocycles. The lowest BCUT2D eigenvalue weighted by Gasteiger charge is -2.00. The van der Waals surface area contributed by atoms with Crippen molar-refractivity contribution >= 4 is 24.0 Å². The zero-order valence-electron chi connectivity index (χ0n) is 4.57. The van der Waals surface area contributed by atoms with Gasteiger partial charge in [-0.3, -0.25) is 0 Å². The van der Waals surface area contributed by atoms with Crippen LogP contribution in [-0.4, -0.2) is 19.0 Å². The highest BCUT2D eigenvalue weighted by Gasteiger charge is 1.88. The SMILES string of the molecule is CNC(C)CCl.Cl. The first-order valence-corrected chi connectivity index (χ1v) is 2.58. The number of halogens is 2. The van der Waals surface area contributed by atoms with Gasteiger partial charge >= 0.3 is 0 Å². The monoisotopic (exact) mass is 143 g/mol. The molecule has 0 aliphatic carbocycles. The summed E-state index contributed by atoms with van der Waals surface area (Å²) in [6.07, 6.45) is 0. The minimum Gasteiger partial charge on any atom is -0.316 e. The van der Waals surface area contributed by atoms with Crippen LogP contribution in [0.2, 0.25) is 0 Å². The lowest BCUT2D eigenvalue weighted by Crippen LogP contribution is -2.22. The van der Waals surface area contributed by atoms with Crippen molar-refractivity contribution in [2.45, 2.75) is 13.0 Å². The second-order valence-corrected chi connectivity index (χ2v) is 1.65. The Bertz CT molecular complexity index is 28.9. The first-order valence-electron chi connectivity index (χ1n) is 2.04. The Morgan fingerprint density at radius 1 is 1.71 bits per heavy atom. The molecule has 0 radical (unpaired) electrons. The topological polar surface area (TPSA) is 12.0 Å². The Kier molecular flexibility index (Phi) is 9.82. The van der Waals surface area contributed by atoms with Gasteiger partial charge in [0.05, 0.1) is 0 Å². The van der Waals surface area contributed by atoms with Crippen LogP contribution in [0.15, 0.2) is 0 Å². The van der Waals surface area contributed by atoms with Gasteiger partial charge in [-0.15, -0.1) is 24.0 Å². The summed E-state index contributed by atoms with van der Waals surface area (Å²) in [7, 11) is 1.90. The molecule has 7 heavy (non-hydrogen) atoms. The van der Waals surface area contributed by atoms with Crippen molar-refractivity contribution in [2.75, 3.05) is 12.9 Å². The molecule has 0 amide bonds. The fraction of sp³-hybridized carbons (Fsp3) is 1.00. The second-order valence-electron chi connectivity index (χ2n) is 1.34. The zero-order valence-corrected chi connectivity index (χ0v) is 6.14. The fourth-order valence-electron chi connectivity index (χ4n) is 0.0772. The summed E-state index contributed by atoms with van der Waals surface area (Å²) < 4.78 is 0. The molecule has 0 aromatic heterocycles. The average molecular weight is 144 g/mol. The molecule has 0 rings (SSSR count). The van der Waals surface area contributed by atoms with E-state index in [1.54, 1.807) is 0 Å². The highest BCUT2D eigenvalue weighted by molar-refractivity contribution is 6.18. The summed E-state index contributed by atoms with van der Waals surface area (Å²) in [5.74, 6) is 0.691. The second kappa shape index (κ2) is 6.54. The highest BCUT2D eigenvalue weighted by Crippen LogP contribution is 1.80. The van der Waals surface area contributed by atoms with Gasteiger partial charge in [0.1, 0.15) is 0 Å². The normalized spacial score (nSPS) is 12.4. The highest BCUT2D eigenvalue weighted by atomic mass is 35.5. The van der Waals surface area contributed by atoms with Crippen LogP contribution in [0.4, 0.5) is 0 Å². The molecule has 0 aromatic carbocycles. The minimum absolute atomic E-state index is 0. The van der Waals surface area contributed by atoms with E-state index in [1.807, 2.05) is 14.0 Å². The lowest BCUT2D eigenvalue weighted by molar-refractivity contribution is 0.674. The predicted octanol–water partition coefficient (Wildman–Crippen LogP) is 1.25. The third-order valence-electron chi connectivity index (χ3n) is 0.724. The Morgan fingerprint density at radius 3 is 2.14 bits per heavy atom. The third kappa shape index (κ3) is 6.54. The molecular formula is C4H11Cl2N. The smallest absolute Gasteiger partial charge is 0.0374 e. The van der Waals surface area contributed by atoms with Gasteiger partial charge in [-0.25, -0.2) is 0 Å². The molecule has 1 atom stereocenters. The summed E-state index contributed by atoms with van der Waals surface area (Å²) in [6.45, 7) is 2.03. The fourth-order valence-corrected chi connectivity index (χ4v) is 0.231. The van der Waals surface area contributed by atoms with E-state index in [0.717, 1.165) is 0 Å². The summed E-state index contributed by atoms with van der Waals surface area (Å²) in [5.41, 5.74) is 0. The number of nitrogens with one attached hydrogen (secondary N) is 1. The summed E-state index contributed by atoms with van der Waals surface area (Å²) in [4.78, 5) is 0. The molecule has 0 bridgehead atoms. The van der Waals surface area contributed by atoms with Crippen LogP contribution in [0.5, 0.6) is 0 Å². The van der Waals surface area contributed by atoms with Gasteiger partial charge in [0.15, 0.2) is 0 Å². The Hall–Kier alpha value is 0.540. The van der Waals surface area contributed by atoms with Gasteiger partial charge in [0.25, 0.3) is 0 Å². The number of alkyl halides is 1. The van der Waals surface area contributed by atoms with Gasteiger partial charge in [-0.1, -0.05) is 0 Å². The molecule has 1 N–H and O–H groups in total. The Balaban J connectivity index is 0. The molecule has 0 fully saturated rings. The van der Waals surface area contributed by atoms with E-state index < -0.39 is 0 Å². The van der Waals surface area contributed by atoms with Gasteiger partial charge in [0, 0.05) is 11.9 Å². The van der Waals surface area contributed by atoms with Gasteiger partial charge in [-0.05, 0) is 14.0 Å². The van der Waals surface area contributed by atoms with E-state index in [2.05, 4.69) is 5.32 Å². The molecule has 0 heterocycles. The van der Waals surface area contributed by atoms with E-state index in [9.17, 15) is 0 Å². The molecule has 0 aromatic rings. The average Bonchev–Trinajstić information content (AvgIpc) is 1.65. The largest absolute Gasteiger partial charge is 0.316 e. The van der Waals surface area contributed by atoms with Crippen molar-refractivity contribution < 1.29 is 0 Å². The minimum atomic E-state index is 0. The van der Waals surface area contributed by atoms with Crippen LogP contribution >= 0.6 is 24.0 Å². The van der Waals surface area contributed by atoms with E-state index in [4.69, 9.17) is 11.6 Å². The standard InChI is InChI=1S/C4H10ClN.ClH/c1-4(3-5)6-2;/h4,6H,3H2,1-2H3;1H. The first-order chi connectivity index (χ1) is 2.81. The van der Waals surface area contributed by atoms with Crippen LogP contribution in [0.1, 0.15) is 6.92 Å². The zero-order chi connectivity index (χ0) is 4.99.